The number of hydrogen-bond donors (Lipinski definition) is 0. The maximum atomic E-state index is 7.54. The Kier molecular flexibility index (Phi) is 12.6. The molecule has 1 unspecified atom stereocenters. The normalized spacial score (nSPS) is 14.2. The van der Waals surface area contributed by atoms with Gasteiger partial charge in [0.05, 0.1) is 0 Å². The van der Waals surface area contributed by atoms with Gasteiger partial charge in [-0.15, -0.1) is 0 Å². The first kappa shape index (κ1) is 38.4. The van der Waals surface area contributed by atoms with Crippen molar-refractivity contribution in [2.45, 2.75) is 113 Å². The Bertz CT molecular complexity index is 1670. The predicted molar refractivity (Wildman–Crippen MR) is 216 cm³/mol. The zero-order chi connectivity index (χ0) is 35.5. The fourth-order valence-electron chi connectivity index (χ4n) is 9.08. The number of rotatable bonds is 17. The van der Waals surface area contributed by atoms with Crippen LogP contribution in [0.3, 0.4) is 0 Å². The van der Waals surface area contributed by atoms with Gasteiger partial charge in [-0.05, 0) is 0 Å². The molecule has 0 radical (unpaired) electrons. The quantitative estimate of drug-likeness (QED) is 0.0853. The molecule has 0 aromatic heterocycles. The van der Waals surface area contributed by atoms with E-state index in [1.807, 2.05) is 0 Å². The van der Waals surface area contributed by atoms with E-state index in [1.165, 1.54) is 55.6 Å². The molecule has 0 fully saturated rings. The van der Waals surface area contributed by atoms with Crippen molar-refractivity contribution in [1.29, 1.82) is 0 Å². The van der Waals surface area contributed by atoms with E-state index >= 15 is 0 Å². The topological polar surface area (TPSA) is 18.5 Å². The Morgan fingerprint density at radius 1 is 0.600 bits per heavy atom. The van der Waals surface area contributed by atoms with Gasteiger partial charge in [0.2, 0.25) is 0 Å². The van der Waals surface area contributed by atoms with Crippen molar-refractivity contribution < 1.29 is 28.2 Å². The van der Waals surface area contributed by atoms with Crippen LogP contribution in [0.15, 0.2) is 84.9 Å². The summed E-state index contributed by atoms with van der Waals surface area (Å²) in [5.74, 6) is 0. The number of benzene rings is 4. The molecule has 0 amide bonds. The van der Waals surface area contributed by atoms with E-state index in [0.717, 1.165) is 61.9 Å². The molecule has 6 rings (SSSR count). The van der Waals surface area contributed by atoms with Gasteiger partial charge in [-0.2, -0.15) is 0 Å². The average Bonchev–Trinajstić information content (AvgIpc) is 3.74. The van der Waals surface area contributed by atoms with E-state index in [2.05, 4.69) is 126 Å². The van der Waals surface area contributed by atoms with Gasteiger partial charge in [0, 0.05) is 0 Å². The predicted octanol–water partition coefficient (Wildman–Crippen LogP) is 13.2. The monoisotopic (exact) mass is 819 g/mol. The second kappa shape index (κ2) is 16.4. The number of halogens is 2. The molecule has 0 aliphatic heterocycles. The Balaban J connectivity index is 1.57. The van der Waals surface area contributed by atoms with Crippen molar-refractivity contribution in [2.75, 3.05) is 6.61 Å². The van der Waals surface area contributed by atoms with Gasteiger partial charge in [0.1, 0.15) is 0 Å². The molecule has 2 nitrogen and oxygen atoms in total. The summed E-state index contributed by atoms with van der Waals surface area (Å²) in [6, 6.07) is 38.8. The van der Waals surface area contributed by atoms with Crippen LogP contribution in [-0.4, -0.2) is 27.1 Å². The fourth-order valence-corrected chi connectivity index (χ4v) is 20.8. The molecule has 0 bridgehead atoms. The summed E-state index contributed by atoms with van der Waals surface area (Å²) in [5.41, 5.74) is 13.7. The van der Waals surface area contributed by atoms with Gasteiger partial charge in [-0.25, -0.2) is 0 Å². The van der Waals surface area contributed by atoms with Gasteiger partial charge in [0.25, 0.3) is 0 Å². The van der Waals surface area contributed by atoms with Gasteiger partial charge in [0.15, 0.2) is 0 Å². The first-order valence-corrected chi connectivity index (χ1v) is 31.9. The third-order valence-corrected chi connectivity index (χ3v) is 27.6. The Morgan fingerprint density at radius 2 is 1.04 bits per heavy atom. The minimum absolute atomic E-state index is 0.0416. The van der Waals surface area contributed by atoms with Gasteiger partial charge < -0.3 is 0 Å². The summed E-state index contributed by atoms with van der Waals surface area (Å²) in [7, 11) is 10.3. The van der Waals surface area contributed by atoms with Crippen LogP contribution in [0.2, 0.25) is 36.3 Å². The second-order valence-electron chi connectivity index (χ2n) is 14.6. The van der Waals surface area contributed by atoms with Gasteiger partial charge in [-0.1, -0.05) is 0 Å². The van der Waals surface area contributed by atoms with Crippen LogP contribution in [0.5, 0.6) is 0 Å². The molecule has 2 aliphatic rings. The third kappa shape index (κ3) is 7.16. The minimum atomic E-state index is -2.84. The van der Waals surface area contributed by atoms with E-state index in [0.29, 0.717) is 6.61 Å². The van der Waals surface area contributed by atoms with Crippen molar-refractivity contribution in [3.8, 4) is 22.3 Å². The van der Waals surface area contributed by atoms with Crippen molar-refractivity contribution in [2.24, 2.45) is 0 Å². The molecule has 4 aromatic rings. The Morgan fingerprint density at radius 3 is 1.48 bits per heavy atom. The van der Waals surface area contributed by atoms with Crippen molar-refractivity contribution in [3.63, 3.8) is 0 Å². The molecule has 7 heteroatoms. The molecule has 2 aliphatic carbocycles. The zero-order valence-corrected chi connectivity index (χ0v) is 37.0. The van der Waals surface area contributed by atoms with Crippen LogP contribution < -0.4 is 0 Å². The summed E-state index contributed by atoms with van der Waals surface area (Å²) >= 11 is -2.84. The van der Waals surface area contributed by atoms with E-state index in [1.54, 1.807) is 0 Å². The van der Waals surface area contributed by atoms with Crippen molar-refractivity contribution in [1.82, 2.24) is 0 Å². The molecule has 265 valence electrons. The summed E-state index contributed by atoms with van der Waals surface area (Å²) in [4.78, 5) is 0. The molecule has 1 atom stereocenters. The summed E-state index contributed by atoms with van der Waals surface area (Å²) in [5, 5.41) is 0. The summed E-state index contributed by atoms with van der Waals surface area (Å²) in [6.45, 7) is 14.6. The molecule has 0 saturated heterocycles. The first-order valence-electron chi connectivity index (χ1n) is 19.1. The zero-order valence-electron chi connectivity index (χ0n) is 31.0. The fraction of sp³-hybridized carbons (Fsp3) is 0.442. The molecule has 50 heavy (non-hydrogen) atoms. The molecule has 0 N–H and O–H groups in total. The van der Waals surface area contributed by atoms with Crippen molar-refractivity contribution >= 4 is 33.7 Å². The van der Waals surface area contributed by atoms with Crippen molar-refractivity contribution in [3.05, 3.63) is 118 Å². The standard InChI is InChI=1S/C43H55O2Si2.2ClH.Zr/c1-7-46(8-2,9-3)44-29-19-28-43(32-45-47(10-4,11-5)12-6,41-26-17-24-37-35-22-15-13-20-33(35)30-39(37)41)42-27-18-25-38-36-23-16-14-21-34(36)31-40(38)42;;;/h13-18,20-27,29H,7-12,19,28,30-32H2,1-6H3;2*1H;/q;;;+2/p-2. The van der Waals surface area contributed by atoms with Crippen LogP contribution in [0.25, 0.3) is 22.3 Å². The molecule has 4 aromatic carbocycles. The molecule has 0 saturated carbocycles. The number of fused-ring (bicyclic) bond motifs is 6. The van der Waals surface area contributed by atoms with E-state index in [-0.39, 0.29) is 9.23 Å². The first-order chi connectivity index (χ1) is 24.2. The molecule has 0 heterocycles. The van der Waals surface area contributed by atoms with E-state index in [4.69, 9.17) is 25.9 Å². The Hall–Kier alpha value is -1.30. The third-order valence-electron chi connectivity index (χ3n) is 12.7. The van der Waals surface area contributed by atoms with Crippen LogP contribution in [-0.2, 0) is 46.5 Å². The van der Waals surface area contributed by atoms with Crippen LogP contribution in [0.4, 0.5) is 0 Å². The van der Waals surface area contributed by atoms with Crippen LogP contribution >= 0.6 is 17.0 Å². The van der Waals surface area contributed by atoms with Crippen LogP contribution in [0, 0.1) is 0 Å². The molecule has 0 spiro atoms. The SMILES string of the molecule is CC[Si](CC)(CC)OCC(CC[CH](O[Si](CC)(CC)CC)[Zr]([Cl])[Cl])(c1cccc2c1Cc1ccccc1-2)c1cccc2c1Cc1ccccc1-2. The number of hydrogen-bond acceptors (Lipinski definition) is 2. The molecular weight excluding hydrogens is 767 g/mol. The summed E-state index contributed by atoms with van der Waals surface area (Å²) in [6.07, 6.45) is 3.64. The van der Waals surface area contributed by atoms with Gasteiger partial charge >= 0.3 is 322 Å². The van der Waals surface area contributed by atoms with Gasteiger partial charge in [-0.3, -0.25) is 0 Å². The molecular formula is C43H55Cl2O2Si2Zr. The maximum absolute atomic E-state index is 7.54. The summed E-state index contributed by atoms with van der Waals surface area (Å²) < 4.78 is 14.7. The second-order valence-corrected chi connectivity index (χ2v) is 33.1. The van der Waals surface area contributed by atoms with E-state index in [9.17, 15) is 0 Å². The Labute approximate surface area is 319 Å². The average molecular weight is 822 g/mol. The van der Waals surface area contributed by atoms with E-state index < -0.39 is 36.0 Å². The van der Waals surface area contributed by atoms with Crippen LogP contribution in [0.1, 0.15) is 87.8 Å².